The van der Waals surface area contributed by atoms with Gasteiger partial charge in [0, 0.05) is 43.4 Å². The first kappa shape index (κ1) is 19.4. The number of aliphatic hydroxyl groups excluding tert-OH is 1. The van der Waals surface area contributed by atoms with Crippen molar-refractivity contribution >= 4 is 17.5 Å². The molecule has 2 saturated heterocycles. The molecule has 3 heterocycles. The Hall–Kier alpha value is -1.89. The van der Waals surface area contributed by atoms with Gasteiger partial charge in [-0.15, -0.1) is 0 Å². The number of aromatic amines is 1. The van der Waals surface area contributed by atoms with Crippen LogP contribution in [0.2, 0.25) is 5.02 Å². The van der Waals surface area contributed by atoms with Crippen molar-refractivity contribution in [1.82, 2.24) is 20.0 Å². The number of piperidine rings is 2. The van der Waals surface area contributed by atoms with E-state index >= 15 is 0 Å². The summed E-state index contributed by atoms with van der Waals surface area (Å²) >= 11 is 6.28. The highest BCUT2D eigenvalue weighted by Crippen LogP contribution is 2.32. The third-order valence-electron chi connectivity index (χ3n) is 6.09. The van der Waals surface area contributed by atoms with Gasteiger partial charge in [-0.1, -0.05) is 29.8 Å². The molecule has 0 aliphatic carbocycles. The Morgan fingerprint density at radius 3 is 2.71 bits per heavy atom. The molecule has 0 saturated carbocycles. The number of benzene rings is 1. The summed E-state index contributed by atoms with van der Waals surface area (Å²) < 4.78 is 0. The summed E-state index contributed by atoms with van der Waals surface area (Å²) in [6.45, 7) is 2.93. The molecule has 2 atom stereocenters. The average Bonchev–Trinajstić information content (AvgIpc) is 3.20. The third-order valence-corrected chi connectivity index (χ3v) is 6.42. The molecule has 7 heteroatoms. The highest BCUT2D eigenvalue weighted by atomic mass is 35.5. The minimum atomic E-state index is -0.521. The molecule has 4 rings (SSSR count). The smallest absolute Gasteiger partial charge is 0.229 e. The predicted molar refractivity (Wildman–Crippen MR) is 109 cm³/mol. The van der Waals surface area contributed by atoms with E-state index in [2.05, 4.69) is 21.2 Å². The van der Waals surface area contributed by atoms with Crippen molar-refractivity contribution in [2.45, 2.75) is 31.3 Å². The van der Waals surface area contributed by atoms with E-state index in [0.717, 1.165) is 49.4 Å². The maximum Gasteiger partial charge on any atom is 0.229 e. The zero-order chi connectivity index (χ0) is 19.7. The Labute approximate surface area is 170 Å². The summed E-state index contributed by atoms with van der Waals surface area (Å²) in [6.07, 6.45) is 1.94. The van der Waals surface area contributed by atoms with Crippen LogP contribution in [0.1, 0.15) is 30.9 Å². The van der Waals surface area contributed by atoms with Crippen LogP contribution >= 0.6 is 11.6 Å². The molecule has 0 bridgehead atoms. The van der Waals surface area contributed by atoms with E-state index in [-0.39, 0.29) is 11.8 Å². The number of rotatable bonds is 3. The highest BCUT2D eigenvalue weighted by Gasteiger charge is 2.36. The van der Waals surface area contributed by atoms with Crippen molar-refractivity contribution in [2.75, 3.05) is 33.2 Å². The van der Waals surface area contributed by atoms with Gasteiger partial charge in [0.15, 0.2) is 0 Å². The first-order chi connectivity index (χ1) is 13.5. The average molecular weight is 403 g/mol. The molecule has 2 N–H and O–H groups in total. The molecule has 1 aromatic carbocycles. The number of carbonyl (C=O) groups is 1. The Kier molecular flexibility index (Phi) is 5.71. The van der Waals surface area contributed by atoms with Crippen LogP contribution in [0.5, 0.6) is 0 Å². The summed E-state index contributed by atoms with van der Waals surface area (Å²) in [5.41, 5.74) is 2.88. The molecule has 6 nitrogen and oxygen atoms in total. The fourth-order valence-electron chi connectivity index (χ4n) is 4.34. The van der Waals surface area contributed by atoms with Gasteiger partial charge in [0.25, 0.3) is 0 Å². The Morgan fingerprint density at radius 2 is 1.96 bits per heavy atom. The molecule has 0 unspecified atom stereocenters. The molecular formula is C21H27ClN4O2. The van der Waals surface area contributed by atoms with E-state index in [1.165, 1.54) is 0 Å². The van der Waals surface area contributed by atoms with Gasteiger partial charge in [-0.05, 0) is 38.4 Å². The Morgan fingerprint density at radius 1 is 1.21 bits per heavy atom. The lowest BCUT2D eigenvalue weighted by atomic mass is 9.90. The van der Waals surface area contributed by atoms with E-state index in [4.69, 9.17) is 11.6 Å². The molecule has 2 fully saturated rings. The minimum absolute atomic E-state index is 0.0962. The lowest BCUT2D eigenvalue weighted by molar-refractivity contribution is -0.143. The molecule has 0 radical (unpaired) electrons. The molecule has 2 aliphatic heterocycles. The Balaban J connectivity index is 1.38. The zero-order valence-corrected chi connectivity index (χ0v) is 16.9. The van der Waals surface area contributed by atoms with Crippen molar-refractivity contribution in [1.29, 1.82) is 0 Å². The van der Waals surface area contributed by atoms with E-state index in [9.17, 15) is 9.90 Å². The van der Waals surface area contributed by atoms with Crippen molar-refractivity contribution in [2.24, 2.45) is 5.92 Å². The predicted octanol–water partition coefficient (Wildman–Crippen LogP) is 2.75. The van der Waals surface area contributed by atoms with Crippen molar-refractivity contribution in [3.8, 4) is 11.3 Å². The lowest BCUT2D eigenvalue weighted by Gasteiger charge is -2.38. The van der Waals surface area contributed by atoms with Crippen molar-refractivity contribution in [3.05, 3.63) is 41.0 Å². The first-order valence-electron chi connectivity index (χ1n) is 9.98. The third kappa shape index (κ3) is 3.95. The van der Waals surface area contributed by atoms with Crippen LogP contribution in [0, 0.1) is 5.92 Å². The normalized spacial score (nSPS) is 24.5. The number of carbonyl (C=O) groups excluding carboxylic acids is 1. The number of nitrogens with zero attached hydrogens (tertiary/aromatic N) is 3. The van der Waals surface area contributed by atoms with E-state index in [1.807, 2.05) is 36.2 Å². The number of nitrogens with one attached hydrogen (secondary N) is 1. The lowest BCUT2D eigenvalue weighted by Crippen LogP contribution is -2.51. The van der Waals surface area contributed by atoms with Crippen LogP contribution < -0.4 is 0 Å². The molecule has 1 amide bonds. The maximum atomic E-state index is 12.9. The van der Waals surface area contributed by atoms with Crippen molar-refractivity contribution < 1.29 is 9.90 Å². The van der Waals surface area contributed by atoms with Gasteiger partial charge in [-0.3, -0.25) is 9.89 Å². The van der Waals surface area contributed by atoms with Crippen LogP contribution in [0.15, 0.2) is 30.3 Å². The van der Waals surface area contributed by atoms with E-state index in [1.54, 1.807) is 0 Å². The first-order valence-corrected chi connectivity index (χ1v) is 10.4. The number of H-pyrrole nitrogens is 1. The van der Waals surface area contributed by atoms with Gasteiger partial charge in [0.2, 0.25) is 5.91 Å². The quantitative estimate of drug-likeness (QED) is 0.828. The van der Waals surface area contributed by atoms with Crippen LogP contribution in [0.25, 0.3) is 11.3 Å². The molecule has 0 spiro atoms. The number of hydrogen-bond acceptors (Lipinski definition) is 4. The second-order valence-corrected chi connectivity index (χ2v) is 8.42. The summed E-state index contributed by atoms with van der Waals surface area (Å²) in [5, 5.41) is 18.5. The largest absolute Gasteiger partial charge is 0.392 e. The van der Waals surface area contributed by atoms with Crippen LogP contribution in [0.3, 0.4) is 0 Å². The van der Waals surface area contributed by atoms with Crippen molar-refractivity contribution in [3.63, 3.8) is 0 Å². The summed E-state index contributed by atoms with van der Waals surface area (Å²) in [7, 11) is 2.01. The number of aliphatic hydroxyl groups is 1. The molecule has 28 heavy (non-hydrogen) atoms. The molecule has 2 aliphatic rings. The van der Waals surface area contributed by atoms with Gasteiger partial charge in [0.1, 0.15) is 0 Å². The molecular weight excluding hydrogens is 376 g/mol. The van der Waals surface area contributed by atoms with Gasteiger partial charge >= 0.3 is 0 Å². The van der Waals surface area contributed by atoms with Crippen LogP contribution in [0.4, 0.5) is 0 Å². The minimum Gasteiger partial charge on any atom is -0.392 e. The number of aromatic nitrogens is 2. The Bertz CT molecular complexity index is 831. The second kappa shape index (κ2) is 8.23. The van der Waals surface area contributed by atoms with Gasteiger partial charge in [-0.2, -0.15) is 5.10 Å². The number of amides is 1. The summed E-state index contributed by atoms with van der Waals surface area (Å²) in [4.78, 5) is 16.9. The van der Waals surface area contributed by atoms with Crippen LogP contribution in [-0.2, 0) is 4.79 Å². The highest BCUT2D eigenvalue weighted by molar-refractivity contribution is 6.33. The molecule has 150 valence electrons. The fraction of sp³-hybridized carbons (Fsp3) is 0.524. The van der Waals surface area contributed by atoms with E-state index < -0.39 is 6.10 Å². The number of halogens is 1. The number of likely N-dealkylation sites (tertiary alicyclic amines) is 2. The fourth-order valence-corrected chi connectivity index (χ4v) is 4.58. The van der Waals surface area contributed by atoms with E-state index in [0.29, 0.717) is 23.9 Å². The maximum absolute atomic E-state index is 12.9. The standard InChI is InChI=1S/C21H27ClN4O2/c1-25-9-8-20(27)16(13-25)21(28)26-10-6-14(7-11-26)18-12-19(24-23-18)15-4-2-3-5-17(15)22/h2-5,12,14,16,20,27H,6-11,13H2,1H3,(H,23,24)/t16-,20+/m1/s1. The van der Waals surface area contributed by atoms with Crippen LogP contribution in [-0.4, -0.2) is 70.3 Å². The molecule has 2 aromatic rings. The number of hydrogen-bond donors (Lipinski definition) is 2. The topological polar surface area (TPSA) is 72.5 Å². The second-order valence-electron chi connectivity index (χ2n) is 8.01. The molecule has 1 aromatic heterocycles. The monoisotopic (exact) mass is 402 g/mol. The summed E-state index contributed by atoms with van der Waals surface area (Å²) in [5.74, 6) is 0.153. The summed E-state index contributed by atoms with van der Waals surface area (Å²) in [6, 6.07) is 9.77. The zero-order valence-electron chi connectivity index (χ0n) is 16.1. The SMILES string of the molecule is CN1CC[C@H](O)[C@H](C(=O)N2CCC(c3cc(-c4ccccc4Cl)n[nH]3)CC2)C1. The van der Waals surface area contributed by atoms with Gasteiger partial charge in [0.05, 0.1) is 22.7 Å². The van der Waals surface area contributed by atoms with Gasteiger partial charge < -0.3 is 14.9 Å². The van der Waals surface area contributed by atoms with Gasteiger partial charge in [-0.25, -0.2) is 0 Å².